The van der Waals surface area contributed by atoms with Crippen molar-refractivity contribution in [2.75, 3.05) is 0 Å². The molecule has 2 rings (SSSR count). The molecule has 0 amide bonds. The molecule has 0 saturated heterocycles. The van der Waals surface area contributed by atoms with Gasteiger partial charge in [0.05, 0.1) is 5.02 Å². The Kier molecular flexibility index (Phi) is 3.69. The molecular formula is C15H14ClFO. The van der Waals surface area contributed by atoms with Crippen molar-refractivity contribution in [1.82, 2.24) is 0 Å². The number of aryl methyl sites for hydroxylation is 2. The van der Waals surface area contributed by atoms with E-state index in [0.717, 1.165) is 11.1 Å². The Hall–Kier alpha value is -1.38. The Labute approximate surface area is 111 Å². The van der Waals surface area contributed by atoms with Crippen LogP contribution in [0.3, 0.4) is 0 Å². The second-order valence-corrected chi connectivity index (χ2v) is 4.80. The molecule has 1 nitrogen and oxygen atoms in total. The first-order valence-corrected chi connectivity index (χ1v) is 6.07. The van der Waals surface area contributed by atoms with E-state index in [1.54, 1.807) is 18.2 Å². The molecule has 1 unspecified atom stereocenters. The minimum absolute atomic E-state index is 0.0235. The molecule has 0 spiro atoms. The number of rotatable bonds is 2. The summed E-state index contributed by atoms with van der Waals surface area (Å²) in [7, 11) is 0. The number of hydrogen-bond donors (Lipinski definition) is 1. The second kappa shape index (κ2) is 5.09. The van der Waals surface area contributed by atoms with Gasteiger partial charge in [0.1, 0.15) is 11.9 Å². The third-order valence-corrected chi connectivity index (χ3v) is 3.41. The summed E-state index contributed by atoms with van der Waals surface area (Å²) < 4.78 is 13.8. The van der Waals surface area contributed by atoms with Gasteiger partial charge in [-0.1, -0.05) is 41.9 Å². The number of hydrogen-bond acceptors (Lipinski definition) is 1. The standard InChI is InChI=1S/C15H14ClFO/c1-9-6-7-11(8-10(9)2)15(18)12-4-3-5-13(16)14(12)17/h3-8,15,18H,1-2H3. The molecule has 94 valence electrons. The fraction of sp³-hybridized carbons (Fsp3) is 0.200. The van der Waals surface area contributed by atoms with Crippen LogP contribution < -0.4 is 0 Å². The largest absolute Gasteiger partial charge is 0.384 e. The van der Waals surface area contributed by atoms with E-state index < -0.39 is 11.9 Å². The Balaban J connectivity index is 2.44. The van der Waals surface area contributed by atoms with Gasteiger partial charge in [-0.2, -0.15) is 0 Å². The highest BCUT2D eigenvalue weighted by Crippen LogP contribution is 2.28. The average Bonchev–Trinajstić information content (AvgIpc) is 2.35. The van der Waals surface area contributed by atoms with Crippen molar-refractivity contribution in [1.29, 1.82) is 0 Å². The SMILES string of the molecule is Cc1ccc(C(O)c2cccc(Cl)c2F)cc1C. The molecule has 0 fully saturated rings. The molecule has 0 heterocycles. The Bertz CT molecular complexity index is 581. The summed E-state index contributed by atoms with van der Waals surface area (Å²) in [5, 5.41) is 10.2. The molecule has 1 atom stereocenters. The molecule has 2 aromatic rings. The van der Waals surface area contributed by atoms with E-state index in [-0.39, 0.29) is 10.6 Å². The minimum Gasteiger partial charge on any atom is -0.384 e. The molecule has 1 N–H and O–H groups in total. The summed E-state index contributed by atoms with van der Waals surface area (Å²) in [5.74, 6) is -0.565. The first kappa shape index (κ1) is 13.1. The lowest BCUT2D eigenvalue weighted by Gasteiger charge is -2.14. The van der Waals surface area contributed by atoms with Gasteiger partial charge in [-0.3, -0.25) is 0 Å². The molecule has 0 bridgehead atoms. The van der Waals surface area contributed by atoms with Crippen LogP contribution in [0.4, 0.5) is 4.39 Å². The van der Waals surface area contributed by atoms with Crippen LogP contribution in [0.15, 0.2) is 36.4 Å². The zero-order valence-electron chi connectivity index (χ0n) is 10.2. The summed E-state index contributed by atoms with van der Waals surface area (Å²) in [4.78, 5) is 0. The molecule has 2 aromatic carbocycles. The van der Waals surface area contributed by atoms with Gasteiger partial charge in [0, 0.05) is 5.56 Å². The van der Waals surface area contributed by atoms with Crippen LogP contribution in [0, 0.1) is 19.7 Å². The Morgan fingerprint density at radius 1 is 1.11 bits per heavy atom. The summed E-state index contributed by atoms with van der Waals surface area (Å²) >= 11 is 5.72. The van der Waals surface area contributed by atoms with E-state index in [0.29, 0.717) is 5.56 Å². The van der Waals surface area contributed by atoms with E-state index in [1.807, 2.05) is 26.0 Å². The van der Waals surface area contributed by atoms with Gasteiger partial charge >= 0.3 is 0 Å². The topological polar surface area (TPSA) is 20.2 Å². The third kappa shape index (κ3) is 2.40. The van der Waals surface area contributed by atoms with Crippen molar-refractivity contribution in [3.8, 4) is 0 Å². The minimum atomic E-state index is -0.997. The predicted octanol–water partition coefficient (Wildman–Crippen LogP) is 4.18. The molecule has 3 heteroatoms. The lowest BCUT2D eigenvalue weighted by molar-refractivity contribution is 0.215. The fourth-order valence-corrected chi connectivity index (χ4v) is 2.03. The first-order valence-electron chi connectivity index (χ1n) is 5.70. The molecule has 0 radical (unpaired) electrons. The zero-order chi connectivity index (χ0) is 13.3. The summed E-state index contributed by atoms with van der Waals surface area (Å²) in [6, 6.07) is 10.2. The van der Waals surface area contributed by atoms with Crippen LogP contribution in [0.5, 0.6) is 0 Å². The van der Waals surface area contributed by atoms with Crippen molar-refractivity contribution >= 4 is 11.6 Å². The predicted molar refractivity (Wildman–Crippen MR) is 71.4 cm³/mol. The van der Waals surface area contributed by atoms with E-state index >= 15 is 0 Å². The maximum absolute atomic E-state index is 13.8. The van der Waals surface area contributed by atoms with Crippen LogP contribution in [0.25, 0.3) is 0 Å². The van der Waals surface area contributed by atoms with Crippen LogP contribution in [-0.2, 0) is 0 Å². The molecule has 0 aliphatic heterocycles. The van der Waals surface area contributed by atoms with Crippen molar-refractivity contribution < 1.29 is 9.50 Å². The van der Waals surface area contributed by atoms with Gasteiger partial charge in [0.15, 0.2) is 0 Å². The van der Waals surface area contributed by atoms with E-state index in [1.165, 1.54) is 6.07 Å². The number of aliphatic hydroxyl groups is 1. The highest BCUT2D eigenvalue weighted by atomic mass is 35.5. The highest BCUT2D eigenvalue weighted by Gasteiger charge is 2.17. The maximum atomic E-state index is 13.8. The highest BCUT2D eigenvalue weighted by molar-refractivity contribution is 6.30. The molecule has 0 saturated carbocycles. The lowest BCUT2D eigenvalue weighted by atomic mass is 9.97. The van der Waals surface area contributed by atoms with Gasteiger partial charge in [-0.15, -0.1) is 0 Å². The van der Waals surface area contributed by atoms with E-state index in [2.05, 4.69) is 0 Å². The number of halogens is 2. The summed E-state index contributed by atoms with van der Waals surface area (Å²) in [6.07, 6.45) is -0.997. The molecule has 0 aliphatic rings. The Morgan fingerprint density at radius 3 is 2.50 bits per heavy atom. The zero-order valence-corrected chi connectivity index (χ0v) is 11.0. The molecule has 0 aliphatic carbocycles. The van der Waals surface area contributed by atoms with Crippen LogP contribution in [-0.4, -0.2) is 5.11 Å². The van der Waals surface area contributed by atoms with Gasteiger partial charge < -0.3 is 5.11 Å². The van der Waals surface area contributed by atoms with E-state index in [9.17, 15) is 9.50 Å². The summed E-state index contributed by atoms with van der Waals surface area (Å²) in [5.41, 5.74) is 3.07. The van der Waals surface area contributed by atoms with Crippen LogP contribution in [0.2, 0.25) is 5.02 Å². The fourth-order valence-electron chi connectivity index (χ4n) is 1.85. The normalized spacial score (nSPS) is 12.5. The van der Waals surface area contributed by atoms with Crippen molar-refractivity contribution in [2.24, 2.45) is 0 Å². The van der Waals surface area contributed by atoms with Crippen molar-refractivity contribution in [3.05, 3.63) is 69.5 Å². The van der Waals surface area contributed by atoms with E-state index in [4.69, 9.17) is 11.6 Å². The maximum Gasteiger partial charge on any atom is 0.147 e. The molecule has 18 heavy (non-hydrogen) atoms. The monoisotopic (exact) mass is 264 g/mol. The lowest BCUT2D eigenvalue weighted by Crippen LogP contribution is -2.03. The average molecular weight is 265 g/mol. The number of benzene rings is 2. The van der Waals surface area contributed by atoms with Crippen molar-refractivity contribution in [3.63, 3.8) is 0 Å². The number of aliphatic hydroxyl groups excluding tert-OH is 1. The Morgan fingerprint density at radius 2 is 1.83 bits per heavy atom. The first-order chi connectivity index (χ1) is 8.50. The van der Waals surface area contributed by atoms with Gasteiger partial charge in [-0.25, -0.2) is 4.39 Å². The second-order valence-electron chi connectivity index (χ2n) is 4.39. The van der Waals surface area contributed by atoms with Crippen LogP contribution >= 0.6 is 11.6 Å². The molecule has 0 aromatic heterocycles. The quantitative estimate of drug-likeness (QED) is 0.863. The smallest absolute Gasteiger partial charge is 0.147 e. The van der Waals surface area contributed by atoms with Gasteiger partial charge in [-0.05, 0) is 36.6 Å². The van der Waals surface area contributed by atoms with Crippen LogP contribution in [0.1, 0.15) is 28.4 Å². The molecular weight excluding hydrogens is 251 g/mol. The van der Waals surface area contributed by atoms with Gasteiger partial charge in [0.25, 0.3) is 0 Å². The summed E-state index contributed by atoms with van der Waals surface area (Å²) in [6.45, 7) is 3.95. The van der Waals surface area contributed by atoms with Crippen molar-refractivity contribution in [2.45, 2.75) is 20.0 Å². The third-order valence-electron chi connectivity index (χ3n) is 3.12. The van der Waals surface area contributed by atoms with Gasteiger partial charge in [0.2, 0.25) is 0 Å².